The number of alkyl halides is 2. The molecule has 76 valence electrons. The molecule has 5 heteroatoms. The minimum Gasteiger partial charge on any atom is -0.435 e. The Hall–Kier alpha value is -1.96. The third-order valence-corrected chi connectivity index (χ3v) is 1.98. The molecule has 15 heavy (non-hydrogen) atoms. The minimum atomic E-state index is -2.73. The van der Waals surface area contributed by atoms with Crippen LogP contribution in [0.1, 0.15) is 17.9 Å². The van der Waals surface area contributed by atoms with Crippen LogP contribution in [-0.2, 0) is 6.42 Å². The van der Waals surface area contributed by atoms with Crippen LogP contribution in [0.5, 0.6) is 0 Å². The Morgan fingerprint density at radius 3 is 2.93 bits per heavy atom. The van der Waals surface area contributed by atoms with Gasteiger partial charge in [-0.05, 0) is 11.6 Å². The van der Waals surface area contributed by atoms with Gasteiger partial charge in [0, 0.05) is 0 Å². The highest BCUT2D eigenvalue weighted by Gasteiger charge is 2.16. The minimum absolute atomic E-state index is 0.131. The fourth-order valence-corrected chi connectivity index (χ4v) is 1.34. The van der Waals surface area contributed by atoms with Crippen molar-refractivity contribution in [2.24, 2.45) is 0 Å². The van der Waals surface area contributed by atoms with Crippen molar-refractivity contribution in [2.45, 2.75) is 12.8 Å². The van der Waals surface area contributed by atoms with Gasteiger partial charge < -0.3 is 4.42 Å². The van der Waals surface area contributed by atoms with E-state index in [1.165, 1.54) is 0 Å². The summed E-state index contributed by atoms with van der Waals surface area (Å²) in [4.78, 5) is 3.66. The molecular formula is C10H6F2N2O. The van der Waals surface area contributed by atoms with E-state index in [0.29, 0.717) is 11.1 Å². The van der Waals surface area contributed by atoms with Crippen LogP contribution in [0.3, 0.4) is 0 Å². The highest BCUT2D eigenvalue weighted by Crippen LogP contribution is 2.25. The van der Waals surface area contributed by atoms with Gasteiger partial charge in [0.1, 0.15) is 5.52 Å². The number of oxazole rings is 1. The van der Waals surface area contributed by atoms with Gasteiger partial charge in [0.15, 0.2) is 5.58 Å². The number of fused-ring (bicyclic) bond motifs is 1. The smallest absolute Gasteiger partial charge is 0.313 e. The fourth-order valence-electron chi connectivity index (χ4n) is 1.34. The molecule has 0 amide bonds. The van der Waals surface area contributed by atoms with E-state index in [4.69, 9.17) is 9.68 Å². The lowest BCUT2D eigenvalue weighted by Crippen LogP contribution is -1.85. The number of halogens is 2. The van der Waals surface area contributed by atoms with E-state index in [-0.39, 0.29) is 12.0 Å². The molecule has 0 aliphatic carbocycles. The summed E-state index contributed by atoms with van der Waals surface area (Å²) in [7, 11) is 0. The van der Waals surface area contributed by atoms with E-state index in [2.05, 4.69) is 4.98 Å². The topological polar surface area (TPSA) is 49.8 Å². The summed E-state index contributed by atoms with van der Waals surface area (Å²) >= 11 is 0. The lowest BCUT2D eigenvalue weighted by atomic mass is 10.1. The highest BCUT2D eigenvalue weighted by molar-refractivity contribution is 5.76. The van der Waals surface area contributed by atoms with E-state index >= 15 is 0 Å². The van der Waals surface area contributed by atoms with Crippen LogP contribution < -0.4 is 0 Å². The second-order valence-electron chi connectivity index (χ2n) is 2.95. The molecule has 2 rings (SSSR count). The molecule has 1 aromatic heterocycles. The second-order valence-corrected chi connectivity index (χ2v) is 2.95. The lowest BCUT2D eigenvalue weighted by molar-refractivity contribution is 0.117. The number of para-hydroxylation sites is 1. The number of hydrogen-bond acceptors (Lipinski definition) is 3. The Kier molecular flexibility index (Phi) is 2.34. The van der Waals surface area contributed by atoms with Gasteiger partial charge in [0.2, 0.25) is 0 Å². The number of nitrogens with zero attached hydrogens (tertiary/aromatic N) is 2. The summed E-state index contributed by atoms with van der Waals surface area (Å²) in [6.45, 7) is 0. The molecule has 0 bridgehead atoms. The molecule has 0 N–H and O–H groups in total. The van der Waals surface area contributed by atoms with Crippen LogP contribution in [-0.4, -0.2) is 4.98 Å². The van der Waals surface area contributed by atoms with Gasteiger partial charge in [-0.15, -0.1) is 0 Å². The van der Waals surface area contributed by atoms with Gasteiger partial charge in [0.25, 0.3) is 5.89 Å². The summed E-state index contributed by atoms with van der Waals surface area (Å²) in [6.07, 6.45) is -2.60. The molecule has 0 aliphatic rings. The molecule has 0 unspecified atom stereocenters. The van der Waals surface area contributed by atoms with Gasteiger partial charge in [-0.2, -0.15) is 14.0 Å². The largest absolute Gasteiger partial charge is 0.435 e. The zero-order chi connectivity index (χ0) is 10.8. The Bertz CT molecular complexity index is 528. The highest BCUT2D eigenvalue weighted by atomic mass is 19.3. The molecule has 0 atom stereocenters. The first-order chi connectivity index (χ1) is 7.22. The van der Waals surface area contributed by atoms with Crippen molar-refractivity contribution in [3.05, 3.63) is 29.7 Å². The van der Waals surface area contributed by atoms with Gasteiger partial charge >= 0.3 is 6.43 Å². The molecule has 0 radical (unpaired) electrons. The van der Waals surface area contributed by atoms with Crippen LogP contribution in [0.4, 0.5) is 8.78 Å². The predicted molar refractivity (Wildman–Crippen MR) is 48.3 cm³/mol. The standard InChI is InChI=1S/C10H6F2N2O/c11-9(12)10-14-8-6(4-5-13)2-1-3-7(8)15-10/h1-3,9H,4H2. The van der Waals surface area contributed by atoms with Crippen molar-refractivity contribution in [3.63, 3.8) is 0 Å². The number of hydrogen-bond donors (Lipinski definition) is 0. The molecule has 2 aromatic rings. The van der Waals surface area contributed by atoms with Crippen molar-refractivity contribution in [2.75, 3.05) is 0 Å². The summed E-state index contributed by atoms with van der Waals surface area (Å²) in [5, 5.41) is 8.54. The maximum absolute atomic E-state index is 12.3. The van der Waals surface area contributed by atoms with Crippen LogP contribution in [0.25, 0.3) is 11.1 Å². The first kappa shape index (κ1) is 9.59. The van der Waals surface area contributed by atoms with Gasteiger partial charge in [-0.25, -0.2) is 4.98 Å². The molecule has 0 fully saturated rings. The van der Waals surface area contributed by atoms with E-state index in [1.807, 2.05) is 6.07 Å². The van der Waals surface area contributed by atoms with E-state index < -0.39 is 12.3 Å². The maximum atomic E-state index is 12.3. The van der Waals surface area contributed by atoms with Crippen LogP contribution in [0.15, 0.2) is 22.6 Å². The first-order valence-corrected chi connectivity index (χ1v) is 4.26. The summed E-state index contributed by atoms with van der Waals surface area (Å²) < 4.78 is 29.4. The SMILES string of the molecule is N#CCc1cccc2oc(C(F)F)nc12. The molecule has 1 aromatic carbocycles. The zero-order valence-corrected chi connectivity index (χ0v) is 7.58. The van der Waals surface area contributed by atoms with E-state index in [0.717, 1.165) is 0 Å². The number of aromatic nitrogens is 1. The number of nitriles is 1. The van der Waals surface area contributed by atoms with Gasteiger partial charge in [-0.1, -0.05) is 12.1 Å². The zero-order valence-electron chi connectivity index (χ0n) is 7.58. The third-order valence-electron chi connectivity index (χ3n) is 1.98. The molecule has 0 saturated heterocycles. The molecule has 0 aliphatic heterocycles. The molecule has 1 heterocycles. The van der Waals surface area contributed by atoms with E-state index in [1.54, 1.807) is 18.2 Å². The van der Waals surface area contributed by atoms with Crippen LogP contribution in [0, 0.1) is 11.3 Å². The normalized spacial score (nSPS) is 10.8. The lowest BCUT2D eigenvalue weighted by Gasteiger charge is -1.92. The average molecular weight is 208 g/mol. The summed E-state index contributed by atoms with van der Waals surface area (Å²) in [6, 6.07) is 6.81. The Balaban J connectivity index is 2.60. The molecule has 0 saturated carbocycles. The molecule has 3 nitrogen and oxygen atoms in total. The Morgan fingerprint density at radius 2 is 2.27 bits per heavy atom. The average Bonchev–Trinajstić information content (AvgIpc) is 2.63. The van der Waals surface area contributed by atoms with Crippen molar-refractivity contribution >= 4 is 11.1 Å². The number of benzene rings is 1. The summed E-state index contributed by atoms with van der Waals surface area (Å²) in [5.74, 6) is -0.601. The van der Waals surface area contributed by atoms with Crippen molar-refractivity contribution in [1.29, 1.82) is 5.26 Å². The van der Waals surface area contributed by atoms with Crippen molar-refractivity contribution in [3.8, 4) is 6.07 Å². The number of rotatable bonds is 2. The molecule has 0 spiro atoms. The van der Waals surface area contributed by atoms with Gasteiger partial charge in [0.05, 0.1) is 12.5 Å². The molecular weight excluding hydrogens is 202 g/mol. The first-order valence-electron chi connectivity index (χ1n) is 4.26. The fraction of sp³-hybridized carbons (Fsp3) is 0.200. The van der Waals surface area contributed by atoms with Crippen molar-refractivity contribution < 1.29 is 13.2 Å². The van der Waals surface area contributed by atoms with Crippen molar-refractivity contribution in [1.82, 2.24) is 4.98 Å². The van der Waals surface area contributed by atoms with Crippen LogP contribution >= 0.6 is 0 Å². The summed E-state index contributed by atoms with van der Waals surface area (Å²) in [5.41, 5.74) is 1.23. The second kappa shape index (κ2) is 3.65. The Labute approximate surface area is 83.9 Å². The van der Waals surface area contributed by atoms with E-state index in [9.17, 15) is 8.78 Å². The quantitative estimate of drug-likeness (QED) is 0.762. The predicted octanol–water partition coefficient (Wildman–Crippen LogP) is 2.83. The van der Waals surface area contributed by atoms with Crippen LogP contribution in [0.2, 0.25) is 0 Å². The monoisotopic (exact) mass is 208 g/mol. The third kappa shape index (κ3) is 1.66. The van der Waals surface area contributed by atoms with Gasteiger partial charge in [-0.3, -0.25) is 0 Å². The Morgan fingerprint density at radius 1 is 1.47 bits per heavy atom. The maximum Gasteiger partial charge on any atom is 0.313 e.